The van der Waals surface area contributed by atoms with E-state index < -0.39 is 0 Å². The molecule has 0 bridgehead atoms. The van der Waals surface area contributed by atoms with Crippen LogP contribution in [0.4, 0.5) is 0 Å². The summed E-state index contributed by atoms with van der Waals surface area (Å²) in [5.74, 6) is 0.152. The van der Waals surface area contributed by atoms with Crippen molar-refractivity contribution in [3.8, 4) is 0 Å². The number of halogens is 1. The van der Waals surface area contributed by atoms with Gasteiger partial charge in [0, 0.05) is 18.5 Å². The Morgan fingerprint density at radius 1 is 1.30 bits per heavy atom. The van der Waals surface area contributed by atoms with Gasteiger partial charge in [0.05, 0.1) is 5.02 Å². The second-order valence-corrected chi connectivity index (χ2v) is 6.57. The molecule has 0 aromatic heterocycles. The van der Waals surface area contributed by atoms with Crippen molar-refractivity contribution in [3.05, 3.63) is 34.9 Å². The number of Topliss-reactive ketones (excluding diaryl/α,β-unsaturated/α-hetero) is 1. The van der Waals surface area contributed by atoms with E-state index in [9.17, 15) is 4.79 Å². The van der Waals surface area contributed by atoms with Crippen LogP contribution >= 0.6 is 11.6 Å². The van der Waals surface area contributed by atoms with Crippen LogP contribution in [-0.2, 0) is 0 Å². The fraction of sp³-hybridized carbons (Fsp3) is 0.588. The van der Waals surface area contributed by atoms with Crippen LogP contribution < -0.4 is 0 Å². The highest BCUT2D eigenvalue weighted by Gasteiger charge is 2.28. The zero-order valence-electron chi connectivity index (χ0n) is 12.5. The SMILES string of the molecule is CCC1(C)CCN(CCC(=O)c2ccccc2Cl)CC1. The molecular weight excluding hydrogens is 270 g/mol. The van der Waals surface area contributed by atoms with Crippen LogP contribution in [-0.4, -0.2) is 30.3 Å². The van der Waals surface area contributed by atoms with E-state index in [-0.39, 0.29) is 5.78 Å². The average molecular weight is 294 g/mol. The molecule has 0 aliphatic carbocycles. The normalized spacial score (nSPS) is 18.9. The van der Waals surface area contributed by atoms with Gasteiger partial charge in [-0.25, -0.2) is 0 Å². The van der Waals surface area contributed by atoms with Crippen molar-refractivity contribution in [2.24, 2.45) is 5.41 Å². The Labute approximate surface area is 127 Å². The topological polar surface area (TPSA) is 20.3 Å². The number of hydrogen-bond donors (Lipinski definition) is 0. The van der Waals surface area contributed by atoms with Gasteiger partial charge in [0.1, 0.15) is 0 Å². The van der Waals surface area contributed by atoms with Crippen molar-refractivity contribution in [2.45, 2.75) is 39.5 Å². The predicted molar refractivity (Wildman–Crippen MR) is 84.5 cm³/mol. The maximum atomic E-state index is 12.2. The molecule has 1 aromatic rings. The van der Waals surface area contributed by atoms with E-state index in [0.29, 0.717) is 22.4 Å². The van der Waals surface area contributed by atoms with E-state index in [1.54, 1.807) is 6.07 Å². The maximum Gasteiger partial charge on any atom is 0.165 e. The third kappa shape index (κ3) is 3.83. The van der Waals surface area contributed by atoms with Crippen LogP contribution in [0.1, 0.15) is 49.9 Å². The minimum Gasteiger partial charge on any atom is -0.303 e. The van der Waals surface area contributed by atoms with Crippen molar-refractivity contribution < 1.29 is 4.79 Å². The molecule has 110 valence electrons. The molecule has 2 nitrogen and oxygen atoms in total. The monoisotopic (exact) mass is 293 g/mol. The van der Waals surface area contributed by atoms with Crippen molar-refractivity contribution in [2.75, 3.05) is 19.6 Å². The quantitative estimate of drug-likeness (QED) is 0.749. The minimum absolute atomic E-state index is 0.152. The van der Waals surface area contributed by atoms with Gasteiger partial charge < -0.3 is 4.90 Å². The second kappa shape index (κ2) is 6.73. The molecule has 1 aromatic carbocycles. The first kappa shape index (κ1) is 15.5. The van der Waals surface area contributed by atoms with Gasteiger partial charge in [0.2, 0.25) is 0 Å². The van der Waals surface area contributed by atoms with E-state index in [0.717, 1.165) is 19.6 Å². The highest BCUT2D eigenvalue weighted by atomic mass is 35.5. The molecule has 1 fully saturated rings. The Kier molecular flexibility index (Phi) is 5.22. The molecule has 0 spiro atoms. The molecule has 0 radical (unpaired) electrons. The van der Waals surface area contributed by atoms with Crippen LogP contribution in [0.15, 0.2) is 24.3 Å². The lowest BCUT2D eigenvalue weighted by Crippen LogP contribution is -2.39. The molecule has 0 amide bonds. The molecule has 0 saturated carbocycles. The summed E-state index contributed by atoms with van der Waals surface area (Å²) in [6.07, 6.45) is 4.29. The van der Waals surface area contributed by atoms with Crippen LogP contribution in [0.25, 0.3) is 0 Å². The Morgan fingerprint density at radius 2 is 1.95 bits per heavy atom. The standard InChI is InChI=1S/C17H24ClNO/c1-3-17(2)9-12-19(13-10-17)11-8-16(20)14-6-4-5-7-15(14)18/h4-7H,3,8-13H2,1-2H3. The van der Waals surface area contributed by atoms with Gasteiger partial charge in [0.15, 0.2) is 5.78 Å². The number of carbonyl (C=O) groups excluding carboxylic acids is 1. The lowest BCUT2D eigenvalue weighted by molar-refractivity contribution is 0.0902. The van der Waals surface area contributed by atoms with Gasteiger partial charge in [0.25, 0.3) is 0 Å². The summed E-state index contributed by atoms with van der Waals surface area (Å²) < 4.78 is 0. The number of likely N-dealkylation sites (tertiary alicyclic amines) is 1. The Morgan fingerprint density at radius 3 is 2.55 bits per heavy atom. The lowest BCUT2D eigenvalue weighted by atomic mass is 9.78. The van der Waals surface area contributed by atoms with Crippen molar-refractivity contribution in [1.29, 1.82) is 0 Å². The molecule has 1 aliphatic rings. The Balaban J connectivity index is 1.82. The third-order valence-corrected chi connectivity index (χ3v) is 5.08. The van der Waals surface area contributed by atoms with Gasteiger partial charge in [-0.1, -0.05) is 44.0 Å². The first-order valence-corrected chi connectivity index (χ1v) is 7.92. The van der Waals surface area contributed by atoms with E-state index in [1.165, 1.54) is 19.3 Å². The van der Waals surface area contributed by atoms with E-state index in [1.807, 2.05) is 18.2 Å². The molecule has 1 aliphatic heterocycles. The van der Waals surface area contributed by atoms with Crippen LogP contribution in [0.5, 0.6) is 0 Å². The number of rotatable bonds is 5. The maximum absolute atomic E-state index is 12.2. The van der Waals surface area contributed by atoms with Crippen molar-refractivity contribution in [1.82, 2.24) is 4.90 Å². The molecule has 2 rings (SSSR count). The summed E-state index contributed by atoms with van der Waals surface area (Å²) in [5.41, 5.74) is 1.16. The number of benzene rings is 1. The zero-order chi connectivity index (χ0) is 14.6. The third-order valence-electron chi connectivity index (χ3n) is 4.75. The van der Waals surface area contributed by atoms with Gasteiger partial charge in [-0.2, -0.15) is 0 Å². The molecule has 20 heavy (non-hydrogen) atoms. The number of hydrogen-bond acceptors (Lipinski definition) is 2. The van der Waals surface area contributed by atoms with E-state index in [2.05, 4.69) is 18.7 Å². The van der Waals surface area contributed by atoms with Crippen LogP contribution in [0, 0.1) is 5.41 Å². The predicted octanol–water partition coefficient (Wildman–Crippen LogP) is 4.42. The second-order valence-electron chi connectivity index (χ2n) is 6.16. The minimum atomic E-state index is 0.152. The molecule has 0 N–H and O–H groups in total. The summed E-state index contributed by atoms with van der Waals surface area (Å²) in [6, 6.07) is 7.32. The number of ketones is 1. The Bertz CT molecular complexity index is 464. The van der Waals surface area contributed by atoms with E-state index >= 15 is 0 Å². The summed E-state index contributed by atoms with van der Waals surface area (Å²) in [5, 5.41) is 0.565. The Hall–Kier alpha value is -0.860. The van der Waals surface area contributed by atoms with Crippen molar-refractivity contribution >= 4 is 17.4 Å². The fourth-order valence-corrected chi connectivity index (χ4v) is 2.99. The van der Waals surface area contributed by atoms with Gasteiger partial charge in [-0.15, -0.1) is 0 Å². The van der Waals surface area contributed by atoms with Gasteiger partial charge in [-0.3, -0.25) is 4.79 Å². The summed E-state index contributed by atoms with van der Waals surface area (Å²) in [4.78, 5) is 14.6. The first-order chi connectivity index (χ1) is 9.54. The number of nitrogens with zero attached hydrogens (tertiary/aromatic N) is 1. The molecule has 1 heterocycles. The smallest absolute Gasteiger partial charge is 0.165 e. The zero-order valence-corrected chi connectivity index (χ0v) is 13.2. The van der Waals surface area contributed by atoms with Crippen molar-refractivity contribution in [3.63, 3.8) is 0 Å². The van der Waals surface area contributed by atoms with Gasteiger partial charge >= 0.3 is 0 Å². The van der Waals surface area contributed by atoms with Gasteiger partial charge in [-0.05, 0) is 43.5 Å². The van der Waals surface area contributed by atoms with Crippen LogP contribution in [0.3, 0.4) is 0 Å². The van der Waals surface area contributed by atoms with E-state index in [4.69, 9.17) is 11.6 Å². The van der Waals surface area contributed by atoms with Crippen LogP contribution in [0.2, 0.25) is 5.02 Å². The summed E-state index contributed by atoms with van der Waals surface area (Å²) >= 11 is 6.06. The largest absolute Gasteiger partial charge is 0.303 e. The molecular formula is C17H24ClNO. The molecule has 3 heteroatoms. The average Bonchev–Trinajstić information content (AvgIpc) is 2.47. The number of carbonyl (C=O) groups is 1. The highest BCUT2D eigenvalue weighted by molar-refractivity contribution is 6.33. The lowest BCUT2D eigenvalue weighted by Gasteiger charge is -2.38. The fourth-order valence-electron chi connectivity index (χ4n) is 2.75. The molecule has 0 atom stereocenters. The molecule has 0 unspecified atom stereocenters. The summed E-state index contributed by atoms with van der Waals surface area (Å²) in [7, 11) is 0. The first-order valence-electron chi connectivity index (χ1n) is 7.54. The summed E-state index contributed by atoms with van der Waals surface area (Å²) in [6.45, 7) is 7.72. The number of piperidine rings is 1. The molecule has 1 saturated heterocycles. The highest BCUT2D eigenvalue weighted by Crippen LogP contribution is 2.33.